The Labute approximate surface area is 467 Å². The van der Waals surface area contributed by atoms with Crippen molar-refractivity contribution in [1.29, 1.82) is 0 Å². The lowest BCUT2D eigenvalue weighted by Gasteiger charge is -2.18. The van der Waals surface area contributed by atoms with E-state index < -0.39 is 6.10 Å². The van der Waals surface area contributed by atoms with Crippen LogP contribution in [-0.4, -0.2) is 37.2 Å². The number of hydrogen-bond donors (Lipinski definition) is 0. The molecule has 0 aromatic carbocycles. The average molecular weight is 1050 g/mol. The van der Waals surface area contributed by atoms with Crippen LogP contribution in [-0.2, 0) is 28.6 Å². The minimum absolute atomic E-state index is 0.0733. The average Bonchev–Trinajstić information content (AvgIpc) is 3.41. The number of allylic oxidation sites excluding steroid dienone is 8. The molecular formula is C69H126O6. The highest BCUT2D eigenvalue weighted by Gasteiger charge is 2.19. The third kappa shape index (κ3) is 62.1. The number of carbonyl (C=O) groups is 3. The van der Waals surface area contributed by atoms with Gasteiger partial charge in [0.15, 0.2) is 6.10 Å². The summed E-state index contributed by atoms with van der Waals surface area (Å²) in [5.74, 6) is -0.862. The van der Waals surface area contributed by atoms with E-state index in [0.29, 0.717) is 19.3 Å². The Morgan fingerprint density at radius 1 is 0.267 bits per heavy atom. The lowest BCUT2D eigenvalue weighted by atomic mass is 10.0. The highest BCUT2D eigenvalue weighted by atomic mass is 16.6. The summed E-state index contributed by atoms with van der Waals surface area (Å²) in [5.41, 5.74) is 0. The van der Waals surface area contributed by atoms with E-state index in [0.717, 1.165) is 77.0 Å². The highest BCUT2D eigenvalue weighted by molar-refractivity contribution is 5.71. The molecule has 438 valence electrons. The first-order valence-electron chi connectivity index (χ1n) is 33.1. The molecule has 0 rings (SSSR count). The predicted molar refractivity (Wildman–Crippen MR) is 325 cm³/mol. The number of unbranched alkanes of at least 4 members (excludes halogenated alkanes) is 42. The Morgan fingerprint density at radius 2 is 0.480 bits per heavy atom. The maximum atomic E-state index is 12.9. The Kier molecular flexibility index (Phi) is 61.7. The fourth-order valence-electron chi connectivity index (χ4n) is 9.80. The van der Waals surface area contributed by atoms with Crippen LogP contribution in [0.3, 0.4) is 0 Å². The van der Waals surface area contributed by atoms with E-state index in [1.165, 1.54) is 238 Å². The van der Waals surface area contributed by atoms with Crippen LogP contribution in [0.15, 0.2) is 48.6 Å². The molecule has 6 heteroatoms. The molecule has 0 fully saturated rings. The van der Waals surface area contributed by atoms with Gasteiger partial charge in [-0.05, 0) is 83.5 Å². The molecule has 0 saturated carbocycles. The van der Waals surface area contributed by atoms with Crippen molar-refractivity contribution in [2.45, 2.75) is 361 Å². The maximum absolute atomic E-state index is 12.9. The summed E-state index contributed by atoms with van der Waals surface area (Å²) >= 11 is 0. The molecule has 0 bridgehead atoms. The van der Waals surface area contributed by atoms with Crippen molar-refractivity contribution >= 4 is 17.9 Å². The van der Waals surface area contributed by atoms with Gasteiger partial charge >= 0.3 is 17.9 Å². The second kappa shape index (κ2) is 63.9. The Bertz CT molecular complexity index is 1300. The Hall–Kier alpha value is -2.63. The summed E-state index contributed by atoms with van der Waals surface area (Å²) < 4.78 is 17.0. The zero-order valence-corrected chi connectivity index (χ0v) is 50.3. The molecule has 0 heterocycles. The summed E-state index contributed by atoms with van der Waals surface area (Å²) in [7, 11) is 0. The van der Waals surface area contributed by atoms with E-state index in [4.69, 9.17) is 14.2 Å². The highest BCUT2D eigenvalue weighted by Crippen LogP contribution is 2.17. The van der Waals surface area contributed by atoms with Crippen LogP contribution in [0.2, 0.25) is 0 Å². The molecule has 0 aliphatic rings. The second-order valence-corrected chi connectivity index (χ2v) is 22.4. The fourth-order valence-corrected chi connectivity index (χ4v) is 9.80. The van der Waals surface area contributed by atoms with E-state index in [9.17, 15) is 14.4 Å². The molecule has 0 aromatic heterocycles. The van der Waals surface area contributed by atoms with E-state index in [1.807, 2.05) is 0 Å². The minimum Gasteiger partial charge on any atom is -0.462 e. The van der Waals surface area contributed by atoms with Gasteiger partial charge in [0.25, 0.3) is 0 Å². The topological polar surface area (TPSA) is 78.9 Å². The maximum Gasteiger partial charge on any atom is 0.306 e. The first-order chi connectivity index (χ1) is 37.0. The smallest absolute Gasteiger partial charge is 0.306 e. The van der Waals surface area contributed by atoms with Crippen molar-refractivity contribution in [2.75, 3.05) is 13.2 Å². The lowest BCUT2D eigenvalue weighted by Crippen LogP contribution is -2.30. The van der Waals surface area contributed by atoms with Crippen LogP contribution in [0.1, 0.15) is 355 Å². The first kappa shape index (κ1) is 72.4. The zero-order valence-electron chi connectivity index (χ0n) is 50.3. The van der Waals surface area contributed by atoms with Gasteiger partial charge in [-0.2, -0.15) is 0 Å². The van der Waals surface area contributed by atoms with Gasteiger partial charge in [0.05, 0.1) is 0 Å². The fraction of sp³-hybridized carbons (Fsp3) is 0.841. The third-order valence-corrected chi connectivity index (χ3v) is 14.8. The molecule has 0 saturated heterocycles. The van der Waals surface area contributed by atoms with Gasteiger partial charge in [0, 0.05) is 19.3 Å². The lowest BCUT2D eigenvalue weighted by molar-refractivity contribution is -0.167. The van der Waals surface area contributed by atoms with Crippen LogP contribution in [0, 0.1) is 0 Å². The van der Waals surface area contributed by atoms with Crippen LogP contribution in [0.25, 0.3) is 0 Å². The van der Waals surface area contributed by atoms with Crippen molar-refractivity contribution in [3.05, 3.63) is 48.6 Å². The van der Waals surface area contributed by atoms with E-state index in [2.05, 4.69) is 69.4 Å². The number of hydrogen-bond acceptors (Lipinski definition) is 6. The van der Waals surface area contributed by atoms with E-state index in [-0.39, 0.29) is 31.1 Å². The molecule has 0 radical (unpaired) electrons. The van der Waals surface area contributed by atoms with Crippen molar-refractivity contribution < 1.29 is 28.6 Å². The molecular weight excluding hydrogens is 925 g/mol. The van der Waals surface area contributed by atoms with E-state index in [1.54, 1.807) is 0 Å². The van der Waals surface area contributed by atoms with Crippen LogP contribution in [0.4, 0.5) is 0 Å². The largest absolute Gasteiger partial charge is 0.462 e. The molecule has 0 aromatic rings. The van der Waals surface area contributed by atoms with Gasteiger partial charge in [-0.15, -0.1) is 0 Å². The molecule has 75 heavy (non-hydrogen) atoms. The Morgan fingerprint density at radius 3 is 0.760 bits per heavy atom. The number of ether oxygens (including phenoxy) is 3. The Balaban J connectivity index is 4.34. The first-order valence-corrected chi connectivity index (χ1v) is 33.1. The quantitative estimate of drug-likeness (QED) is 0.0261. The molecule has 1 unspecified atom stereocenters. The van der Waals surface area contributed by atoms with Gasteiger partial charge in [0.2, 0.25) is 0 Å². The monoisotopic (exact) mass is 1050 g/mol. The minimum atomic E-state index is -0.778. The van der Waals surface area contributed by atoms with Gasteiger partial charge in [-0.3, -0.25) is 14.4 Å². The van der Waals surface area contributed by atoms with E-state index >= 15 is 0 Å². The molecule has 0 aliphatic carbocycles. The van der Waals surface area contributed by atoms with Crippen LogP contribution < -0.4 is 0 Å². The number of esters is 3. The second-order valence-electron chi connectivity index (χ2n) is 22.4. The summed E-state index contributed by atoms with van der Waals surface area (Å²) in [6.07, 6.45) is 79.7. The molecule has 1 atom stereocenters. The predicted octanol–water partition coefficient (Wildman–Crippen LogP) is 22.6. The van der Waals surface area contributed by atoms with Crippen molar-refractivity contribution in [2.24, 2.45) is 0 Å². The van der Waals surface area contributed by atoms with Crippen molar-refractivity contribution in [1.82, 2.24) is 0 Å². The molecule has 0 spiro atoms. The number of rotatable bonds is 61. The van der Waals surface area contributed by atoms with Crippen LogP contribution >= 0.6 is 0 Å². The summed E-state index contributed by atoms with van der Waals surface area (Å²) in [5, 5.41) is 0. The normalized spacial score (nSPS) is 12.3. The van der Waals surface area contributed by atoms with Crippen molar-refractivity contribution in [3.8, 4) is 0 Å². The zero-order chi connectivity index (χ0) is 54.3. The van der Waals surface area contributed by atoms with Gasteiger partial charge in [0.1, 0.15) is 13.2 Å². The van der Waals surface area contributed by atoms with Crippen LogP contribution in [0.5, 0.6) is 0 Å². The third-order valence-electron chi connectivity index (χ3n) is 14.8. The van der Waals surface area contributed by atoms with Gasteiger partial charge < -0.3 is 14.2 Å². The molecule has 0 N–H and O–H groups in total. The van der Waals surface area contributed by atoms with Crippen molar-refractivity contribution in [3.63, 3.8) is 0 Å². The standard InChI is InChI=1S/C69H126O6/c1-4-7-10-13-16-19-22-25-28-31-32-33-34-35-36-39-41-44-47-50-53-56-59-62-68(71)74-65-66(75-69(72)63-60-57-54-51-48-45-42-38-30-27-24-21-18-15-12-9-6-3)64-73-67(70)61-58-55-52-49-46-43-40-37-29-26-23-20-17-14-11-8-5-2/h22,25,27,30-32,34-35,66H,4-21,23-24,26,28-29,33,36-65H2,1-3H3/b25-22-,30-27-,32-31-,35-34-. The molecule has 0 amide bonds. The summed E-state index contributed by atoms with van der Waals surface area (Å²) in [6, 6.07) is 0. The molecule has 0 aliphatic heterocycles. The van der Waals surface area contributed by atoms with Gasteiger partial charge in [-0.25, -0.2) is 0 Å². The summed E-state index contributed by atoms with van der Waals surface area (Å²) in [4.78, 5) is 38.4. The molecule has 6 nitrogen and oxygen atoms in total. The summed E-state index contributed by atoms with van der Waals surface area (Å²) in [6.45, 7) is 6.67. The SMILES string of the molecule is CCCCCCC/C=C\C/C=C\C/C=C\CCCCCCCCCCC(=O)OCC(COC(=O)CCCCCCCCCCCCCCCCCCC)OC(=O)CCCCCCCCC/C=C\CCCCCCCC. The number of carbonyl (C=O) groups excluding carboxylic acids is 3. The van der Waals surface area contributed by atoms with Gasteiger partial charge in [-0.1, -0.05) is 301 Å².